The number of benzene rings is 2. The highest BCUT2D eigenvalue weighted by Gasteiger charge is 2.48. The second-order valence-corrected chi connectivity index (χ2v) is 8.75. The zero-order valence-electron chi connectivity index (χ0n) is 18.2. The number of ether oxygens (including phenoxy) is 1. The Hall–Kier alpha value is -3.15. The fraction of sp³-hybridized carbons (Fsp3) is 0.360. The lowest BCUT2D eigenvalue weighted by molar-refractivity contribution is -0.144. The molecule has 31 heavy (non-hydrogen) atoms. The minimum Gasteiger partial charge on any atom is -0.466 e. The molecule has 2 heterocycles. The van der Waals surface area contributed by atoms with Crippen molar-refractivity contribution in [2.45, 2.75) is 46.0 Å². The summed E-state index contributed by atoms with van der Waals surface area (Å²) in [5.41, 5.74) is 5.91. The van der Waals surface area contributed by atoms with Crippen LogP contribution in [0.1, 0.15) is 55.8 Å². The van der Waals surface area contributed by atoms with E-state index in [1.165, 1.54) is 17.3 Å². The maximum absolute atomic E-state index is 14.0. The van der Waals surface area contributed by atoms with Crippen LogP contribution in [-0.4, -0.2) is 27.3 Å². The number of hydrogen-bond donors (Lipinski definition) is 1. The van der Waals surface area contributed by atoms with Crippen LogP contribution in [0.4, 0.5) is 4.39 Å². The second-order valence-electron chi connectivity index (χ2n) is 8.75. The summed E-state index contributed by atoms with van der Waals surface area (Å²) < 4.78 is 21.6. The molecule has 6 heteroatoms. The number of nitrogens with one attached hydrogen (secondary N) is 1. The number of carbonyl (C=O) groups is 1. The van der Waals surface area contributed by atoms with Crippen molar-refractivity contribution >= 4 is 27.8 Å². The monoisotopic (exact) mass is 419 g/mol. The smallest absolute Gasteiger partial charge is 0.309 e. The fourth-order valence-electron chi connectivity index (χ4n) is 4.80. The van der Waals surface area contributed by atoms with E-state index in [-0.39, 0.29) is 29.5 Å². The lowest BCUT2D eigenvalue weighted by atomic mass is 9.98. The van der Waals surface area contributed by atoms with E-state index in [1.807, 2.05) is 25.3 Å². The number of aryl methyl sites for hydroxylation is 1. The Kier molecular flexibility index (Phi) is 4.61. The summed E-state index contributed by atoms with van der Waals surface area (Å²) in [5, 5.41) is 9.38. The highest BCUT2D eigenvalue weighted by atomic mass is 19.1. The maximum atomic E-state index is 14.0. The van der Waals surface area contributed by atoms with Gasteiger partial charge in [-0.25, -0.2) is 4.39 Å². The number of rotatable bonds is 5. The molecule has 1 saturated carbocycles. The summed E-state index contributed by atoms with van der Waals surface area (Å²) in [6, 6.07) is 9.50. The van der Waals surface area contributed by atoms with Crippen molar-refractivity contribution in [3.05, 3.63) is 59.2 Å². The molecule has 2 unspecified atom stereocenters. The summed E-state index contributed by atoms with van der Waals surface area (Å²) in [7, 11) is 0. The van der Waals surface area contributed by atoms with E-state index in [1.54, 1.807) is 6.92 Å². The number of aromatic amines is 1. The van der Waals surface area contributed by atoms with Crippen LogP contribution in [0.2, 0.25) is 0 Å². The lowest BCUT2D eigenvalue weighted by Crippen LogP contribution is -2.09. The first-order valence-corrected chi connectivity index (χ1v) is 10.8. The third kappa shape index (κ3) is 3.12. The molecule has 0 amide bonds. The van der Waals surface area contributed by atoms with Crippen LogP contribution >= 0.6 is 0 Å². The largest absolute Gasteiger partial charge is 0.466 e. The summed E-state index contributed by atoms with van der Waals surface area (Å²) in [6.45, 7) is 8.35. The molecule has 0 saturated heterocycles. The van der Waals surface area contributed by atoms with Crippen LogP contribution in [-0.2, 0) is 9.53 Å². The molecule has 2 atom stereocenters. The number of hydrogen-bond acceptors (Lipinski definition) is 3. The van der Waals surface area contributed by atoms with E-state index in [0.717, 1.165) is 33.9 Å². The Morgan fingerprint density at radius 1 is 1.32 bits per heavy atom. The van der Waals surface area contributed by atoms with Crippen LogP contribution in [0.5, 0.6) is 0 Å². The van der Waals surface area contributed by atoms with Crippen LogP contribution < -0.4 is 0 Å². The van der Waals surface area contributed by atoms with Crippen LogP contribution in [0.3, 0.4) is 0 Å². The standard InChI is InChI=1S/C25H26FN3O2/c1-5-31-25(30)18-10-17(18)23-19-11-21-15(12-27-28-21)9-22(19)29(24(23)13(2)3)16-6-7-20(26)14(4)8-16/h6-9,11-13,17-18H,5,10H2,1-4H3,(H,27,28). The fourth-order valence-corrected chi connectivity index (χ4v) is 4.80. The molecule has 0 aliphatic heterocycles. The van der Waals surface area contributed by atoms with E-state index >= 15 is 0 Å². The van der Waals surface area contributed by atoms with Gasteiger partial charge in [0.25, 0.3) is 0 Å². The van der Waals surface area contributed by atoms with Crippen molar-refractivity contribution in [2.24, 2.45) is 5.92 Å². The summed E-state index contributed by atoms with van der Waals surface area (Å²) >= 11 is 0. The summed E-state index contributed by atoms with van der Waals surface area (Å²) in [6.07, 6.45) is 2.61. The van der Waals surface area contributed by atoms with Crippen molar-refractivity contribution in [3.63, 3.8) is 0 Å². The third-order valence-electron chi connectivity index (χ3n) is 6.30. The van der Waals surface area contributed by atoms with Crippen LogP contribution in [0, 0.1) is 18.7 Å². The van der Waals surface area contributed by atoms with Gasteiger partial charge in [-0.15, -0.1) is 0 Å². The van der Waals surface area contributed by atoms with Crippen LogP contribution in [0.25, 0.3) is 27.5 Å². The average molecular weight is 420 g/mol. The third-order valence-corrected chi connectivity index (χ3v) is 6.30. The number of esters is 1. The minimum atomic E-state index is -0.215. The van der Waals surface area contributed by atoms with Crippen LogP contribution in [0.15, 0.2) is 36.5 Å². The molecule has 0 radical (unpaired) electrons. The summed E-state index contributed by atoms with van der Waals surface area (Å²) in [4.78, 5) is 12.4. The Morgan fingerprint density at radius 3 is 2.84 bits per heavy atom. The Bertz CT molecular complexity index is 1320. The molecule has 2 aromatic heterocycles. The van der Waals surface area contributed by atoms with Crippen molar-refractivity contribution in [1.82, 2.24) is 14.8 Å². The van der Waals surface area contributed by atoms with Crippen molar-refractivity contribution < 1.29 is 13.9 Å². The SMILES string of the molecule is CCOC(=O)C1CC1c1c(C(C)C)n(-c2ccc(F)c(C)c2)c2cc3cn[nH]c3cc12. The zero-order chi connectivity index (χ0) is 21.9. The Labute approximate surface area is 180 Å². The second kappa shape index (κ2) is 7.22. The molecule has 0 spiro atoms. The number of carbonyl (C=O) groups excluding carboxylic acids is 1. The summed E-state index contributed by atoms with van der Waals surface area (Å²) in [5.74, 6) is -0.101. The topological polar surface area (TPSA) is 59.9 Å². The van der Waals surface area contributed by atoms with Gasteiger partial charge < -0.3 is 9.30 Å². The first-order valence-electron chi connectivity index (χ1n) is 10.8. The first-order chi connectivity index (χ1) is 14.9. The highest BCUT2D eigenvalue weighted by Crippen LogP contribution is 2.54. The van der Waals surface area contributed by atoms with E-state index in [9.17, 15) is 9.18 Å². The van der Waals surface area contributed by atoms with Gasteiger partial charge in [0, 0.05) is 28.1 Å². The van der Waals surface area contributed by atoms with Gasteiger partial charge in [0.15, 0.2) is 0 Å². The molecule has 5 rings (SSSR count). The van der Waals surface area contributed by atoms with Gasteiger partial charge >= 0.3 is 5.97 Å². The van der Waals surface area contributed by atoms with Gasteiger partial charge in [-0.1, -0.05) is 13.8 Å². The molecule has 1 fully saturated rings. The number of fused-ring (bicyclic) bond motifs is 2. The van der Waals surface area contributed by atoms with E-state index in [2.05, 4.69) is 40.7 Å². The molecule has 1 aliphatic carbocycles. The minimum absolute atomic E-state index is 0.107. The van der Waals surface area contributed by atoms with Crippen molar-refractivity contribution in [3.8, 4) is 5.69 Å². The highest BCUT2D eigenvalue weighted by molar-refractivity contribution is 5.99. The molecule has 1 aliphatic rings. The van der Waals surface area contributed by atoms with Crippen molar-refractivity contribution in [1.29, 1.82) is 0 Å². The van der Waals surface area contributed by atoms with Crippen molar-refractivity contribution in [2.75, 3.05) is 6.61 Å². The predicted molar refractivity (Wildman–Crippen MR) is 119 cm³/mol. The molecular weight excluding hydrogens is 393 g/mol. The molecule has 5 nitrogen and oxygen atoms in total. The molecule has 2 aromatic carbocycles. The van der Waals surface area contributed by atoms with Gasteiger partial charge in [-0.05, 0) is 67.6 Å². The first kappa shape index (κ1) is 19.8. The quantitative estimate of drug-likeness (QED) is 0.419. The number of aromatic nitrogens is 3. The maximum Gasteiger partial charge on any atom is 0.309 e. The molecule has 1 N–H and O–H groups in total. The van der Waals surface area contributed by atoms with E-state index in [0.29, 0.717) is 12.2 Å². The lowest BCUT2D eigenvalue weighted by Gasteiger charge is -2.16. The van der Waals surface area contributed by atoms with Gasteiger partial charge in [0.1, 0.15) is 5.82 Å². The van der Waals surface area contributed by atoms with E-state index in [4.69, 9.17) is 4.74 Å². The molecule has 160 valence electrons. The Morgan fingerprint density at radius 2 is 2.13 bits per heavy atom. The zero-order valence-corrected chi connectivity index (χ0v) is 18.2. The van der Waals surface area contributed by atoms with Gasteiger partial charge in [0.2, 0.25) is 0 Å². The number of nitrogens with zero attached hydrogens (tertiary/aromatic N) is 2. The predicted octanol–water partition coefficient (Wildman–Crippen LogP) is 5.74. The molecule has 0 bridgehead atoms. The van der Waals surface area contributed by atoms with Gasteiger partial charge in [-0.3, -0.25) is 9.89 Å². The van der Waals surface area contributed by atoms with Gasteiger partial charge in [0.05, 0.1) is 29.8 Å². The average Bonchev–Trinajstić information content (AvgIpc) is 3.26. The number of halogens is 1. The number of H-pyrrole nitrogens is 1. The van der Waals surface area contributed by atoms with Gasteiger partial charge in [-0.2, -0.15) is 5.10 Å². The molecule has 4 aromatic rings. The molecular formula is C25H26FN3O2. The van der Waals surface area contributed by atoms with E-state index < -0.39 is 0 Å². The Balaban J connectivity index is 1.80. The normalized spacial score (nSPS) is 18.3.